The standard InChI is InChI=1S/C7H9NO2/c1-9-6-3-4-8-7(5-6)10-2/h3-5H,1-2H3. The van der Waals surface area contributed by atoms with Crippen LogP contribution in [0.25, 0.3) is 0 Å². The molecular formula is C7H9NO2. The molecule has 0 atom stereocenters. The lowest BCUT2D eigenvalue weighted by Gasteiger charge is -2.00. The Hall–Kier alpha value is -1.25. The monoisotopic (exact) mass is 139 g/mol. The Balaban J connectivity index is 2.87. The predicted octanol–water partition coefficient (Wildman–Crippen LogP) is 1.10. The minimum atomic E-state index is 0.569. The van der Waals surface area contributed by atoms with E-state index in [1.807, 2.05) is 0 Å². The Morgan fingerprint density at radius 2 is 2.10 bits per heavy atom. The summed E-state index contributed by atoms with van der Waals surface area (Å²) in [4.78, 5) is 3.90. The molecule has 0 bridgehead atoms. The van der Waals surface area contributed by atoms with Crippen LogP contribution in [0.5, 0.6) is 11.6 Å². The number of methoxy groups -OCH3 is 2. The molecule has 1 aromatic heterocycles. The van der Waals surface area contributed by atoms with Gasteiger partial charge in [0, 0.05) is 12.3 Å². The topological polar surface area (TPSA) is 31.4 Å². The Labute approximate surface area is 59.6 Å². The molecule has 10 heavy (non-hydrogen) atoms. The van der Waals surface area contributed by atoms with Gasteiger partial charge < -0.3 is 9.47 Å². The molecule has 0 radical (unpaired) electrons. The number of hydrogen-bond acceptors (Lipinski definition) is 3. The van der Waals surface area contributed by atoms with E-state index in [1.54, 1.807) is 32.5 Å². The summed E-state index contributed by atoms with van der Waals surface area (Å²) < 4.78 is 9.80. The second kappa shape index (κ2) is 3.06. The first-order valence-corrected chi connectivity index (χ1v) is 2.91. The summed E-state index contributed by atoms with van der Waals surface area (Å²) >= 11 is 0. The number of hydrogen-bond donors (Lipinski definition) is 0. The molecular weight excluding hydrogens is 130 g/mol. The summed E-state index contributed by atoms with van der Waals surface area (Å²) in [6.07, 6.45) is 1.64. The average molecular weight is 139 g/mol. The van der Waals surface area contributed by atoms with Crippen LogP contribution in [0.15, 0.2) is 18.3 Å². The Bertz CT molecular complexity index is 193. The first kappa shape index (κ1) is 6.86. The van der Waals surface area contributed by atoms with Crippen LogP contribution in [-0.4, -0.2) is 19.2 Å². The minimum Gasteiger partial charge on any atom is -0.497 e. The zero-order valence-corrected chi connectivity index (χ0v) is 6.00. The lowest BCUT2D eigenvalue weighted by atomic mass is 10.4. The lowest BCUT2D eigenvalue weighted by molar-refractivity contribution is 0.382. The van der Waals surface area contributed by atoms with Gasteiger partial charge in [-0.15, -0.1) is 0 Å². The molecule has 0 aliphatic heterocycles. The molecule has 0 saturated carbocycles. The molecule has 0 amide bonds. The van der Waals surface area contributed by atoms with Crippen LogP contribution in [0.3, 0.4) is 0 Å². The van der Waals surface area contributed by atoms with Gasteiger partial charge in [-0.1, -0.05) is 0 Å². The molecule has 3 heteroatoms. The van der Waals surface area contributed by atoms with Crippen LogP contribution in [0, 0.1) is 0 Å². The van der Waals surface area contributed by atoms with Gasteiger partial charge in [0.15, 0.2) is 0 Å². The highest BCUT2D eigenvalue weighted by Crippen LogP contribution is 2.14. The number of rotatable bonds is 2. The second-order valence-electron chi connectivity index (χ2n) is 1.74. The molecule has 54 valence electrons. The van der Waals surface area contributed by atoms with E-state index in [9.17, 15) is 0 Å². The Morgan fingerprint density at radius 3 is 2.70 bits per heavy atom. The van der Waals surface area contributed by atoms with Crippen molar-refractivity contribution in [2.45, 2.75) is 0 Å². The molecule has 0 spiro atoms. The van der Waals surface area contributed by atoms with E-state index in [0.717, 1.165) is 5.75 Å². The summed E-state index contributed by atoms with van der Waals surface area (Å²) in [5, 5.41) is 0. The Morgan fingerprint density at radius 1 is 1.30 bits per heavy atom. The van der Waals surface area contributed by atoms with Crippen LogP contribution >= 0.6 is 0 Å². The fourth-order valence-electron chi connectivity index (χ4n) is 0.630. The fraction of sp³-hybridized carbons (Fsp3) is 0.286. The van der Waals surface area contributed by atoms with Crippen molar-refractivity contribution in [3.63, 3.8) is 0 Å². The molecule has 0 fully saturated rings. The molecule has 1 heterocycles. The SMILES string of the molecule is COc1ccnc(OC)c1. The summed E-state index contributed by atoms with van der Waals surface area (Å²) in [6, 6.07) is 3.49. The van der Waals surface area contributed by atoms with E-state index < -0.39 is 0 Å². The maximum Gasteiger partial charge on any atom is 0.216 e. The molecule has 0 N–H and O–H groups in total. The predicted molar refractivity (Wildman–Crippen MR) is 37.3 cm³/mol. The zero-order chi connectivity index (χ0) is 7.40. The van der Waals surface area contributed by atoms with Gasteiger partial charge in [-0.25, -0.2) is 4.98 Å². The maximum absolute atomic E-state index is 4.94. The lowest BCUT2D eigenvalue weighted by Crippen LogP contribution is -1.88. The third kappa shape index (κ3) is 1.37. The summed E-state index contributed by atoms with van der Waals surface area (Å²) in [7, 11) is 3.18. The average Bonchev–Trinajstić information content (AvgIpc) is 2.05. The van der Waals surface area contributed by atoms with Crippen molar-refractivity contribution in [2.24, 2.45) is 0 Å². The first-order valence-electron chi connectivity index (χ1n) is 2.91. The smallest absolute Gasteiger partial charge is 0.216 e. The molecule has 0 aliphatic rings. The highest BCUT2D eigenvalue weighted by atomic mass is 16.5. The van der Waals surface area contributed by atoms with Crippen LogP contribution in [0.4, 0.5) is 0 Å². The third-order valence-electron chi connectivity index (χ3n) is 1.15. The van der Waals surface area contributed by atoms with E-state index in [4.69, 9.17) is 9.47 Å². The molecule has 0 saturated heterocycles. The highest BCUT2D eigenvalue weighted by Gasteiger charge is 1.93. The molecule has 1 aromatic rings. The van der Waals surface area contributed by atoms with Crippen LogP contribution < -0.4 is 9.47 Å². The molecule has 0 aromatic carbocycles. The van der Waals surface area contributed by atoms with Crippen molar-refractivity contribution < 1.29 is 9.47 Å². The van der Waals surface area contributed by atoms with E-state index in [1.165, 1.54) is 0 Å². The third-order valence-corrected chi connectivity index (χ3v) is 1.15. The first-order chi connectivity index (χ1) is 4.86. The van der Waals surface area contributed by atoms with Gasteiger partial charge in [-0.2, -0.15) is 0 Å². The van der Waals surface area contributed by atoms with Gasteiger partial charge in [0.05, 0.1) is 14.2 Å². The summed E-state index contributed by atoms with van der Waals surface area (Å²) in [6.45, 7) is 0. The van der Waals surface area contributed by atoms with Gasteiger partial charge in [-0.05, 0) is 6.07 Å². The van der Waals surface area contributed by atoms with Gasteiger partial charge in [0.25, 0.3) is 0 Å². The van der Waals surface area contributed by atoms with Gasteiger partial charge in [-0.3, -0.25) is 0 Å². The summed E-state index contributed by atoms with van der Waals surface area (Å²) in [5.41, 5.74) is 0. The number of nitrogens with zero attached hydrogens (tertiary/aromatic N) is 1. The minimum absolute atomic E-state index is 0.569. The Kier molecular flexibility index (Phi) is 2.10. The summed E-state index contributed by atoms with van der Waals surface area (Å²) in [5.74, 6) is 1.33. The molecule has 0 aliphatic carbocycles. The number of ether oxygens (including phenoxy) is 2. The number of aromatic nitrogens is 1. The van der Waals surface area contributed by atoms with E-state index in [0.29, 0.717) is 5.88 Å². The fourth-order valence-corrected chi connectivity index (χ4v) is 0.630. The van der Waals surface area contributed by atoms with Gasteiger partial charge >= 0.3 is 0 Å². The van der Waals surface area contributed by atoms with Gasteiger partial charge in [0.1, 0.15) is 5.75 Å². The second-order valence-corrected chi connectivity index (χ2v) is 1.74. The van der Waals surface area contributed by atoms with Crippen molar-refractivity contribution in [2.75, 3.05) is 14.2 Å². The van der Waals surface area contributed by atoms with Crippen LogP contribution in [-0.2, 0) is 0 Å². The van der Waals surface area contributed by atoms with Crippen molar-refractivity contribution in [1.82, 2.24) is 4.98 Å². The molecule has 1 rings (SSSR count). The van der Waals surface area contributed by atoms with E-state index in [-0.39, 0.29) is 0 Å². The van der Waals surface area contributed by atoms with Crippen molar-refractivity contribution >= 4 is 0 Å². The van der Waals surface area contributed by atoms with Crippen molar-refractivity contribution in [3.05, 3.63) is 18.3 Å². The number of pyridine rings is 1. The maximum atomic E-state index is 4.94. The quantitative estimate of drug-likeness (QED) is 0.614. The van der Waals surface area contributed by atoms with E-state index in [2.05, 4.69) is 4.98 Å². The highest BCUT2D eigenvalue weighted by molar-refractivity contribution is 5.25. The van der Waals surface area contributed by atoms with Gasteiger partial charge in [0.2, 0.25) is 5.88 Å². The van der Waals surface area contributed by atoms with Crippen LogP contribution in [0.2, 0.25) is 0 Å². The van der Waals surface area contributed by atoms with E-state index >= 15 is 0 Å². The molecule has 3 nitrogen and oxygen atoms in total. The zero-order valence-electron chi connectivity index (χ0n) is 6.00. The largest absolute Gasteiger partial charge is 0.497 e. The van der Waals surface area contributed by atoms with Crippen LogP contribution in [0.1, 0.15) is 0 Å². The van der Waals surface area contributed by atoms with Crippen molar-refractivity contribution in [3.8, 4) is 11.6 Å². The normalized spacial score (nSPS) is 9.00. The molecule has 0 unspecified atom stereocenters. The van der Waals surface area contributed by atoms with Crippen molar-refractivity contribution in [1.29, 1.82) is 0 Å².